The minimum atomic E-state index is -0.647. The smallest absolute Gasteiger partial charge is 0.323 e. The number of carbonyl (C=O) groups excluding carboxylic acids is 2. The van der Waals surface area contributed by atoms with Crippen LogP contribution in [-0.4, -0.2) is 33.9 Å². The average Bonchev–Trinajstić information content (AvgIpc) is 2.93. The highest BCUT2D eigenvalue weighted by atomic mass is 19.1. The molecule has 3 heterocycles. The average molecular weight is 512 g/mol. The van der Waals surface area contributed by atoms with E-state index in [4.69, 9.17) is 0 Å². The maximum Gasteiger partial charge on any atom is 0.330 e. The zero-order valence-electron chi connectivity index (χ0n) is 21.2. The first kappa shape index (κ1) is 24.8. The van der Waals surface area contributed by atoms with Gasteiger partial charge in [-0.05, 0) is 61.4 Å². The lowest BCUT2D eigenvalue weighted by Gasteiger charge is -2.35. The van der Waals surface area contributed by atoms with Crippen LogP contribution >= 0.6 is 0 Å². The van der Waals surface area contributed by atoms with Crippen LogP contribution in [-0.2, 0) is 13.2 Å². The number of fused-ring (bicyclic) bond motifs is 1. The van der Waals surface area contributed by atoms with Gasteiger partial charge in [-0.25, -0.2) is 14.2 Å². The van der Waals surface area contributed by atoms with Crippen LogP contribution in [0, 0.1) is 13.8 Å². The number of hydrogen-bond donors (Lipinski definition) is 2. The van der Waals surface area contributed by atoms with Gasteiger partial charge in [-0.1, -0.05) is 18.2 Å². The number of nitrogens with one attached hydrogen (secondary N) is 2. The number of carbonyl (C=O) groups is 2. The van der Waals surface area contributed by atoms with Crippen LogP contribution in [0.5, 0.6) is 0 Å². The summed E-state index contributed by atoms with van der Waals surface area (Å²) in [6, 6.07) is 15.2. The van der Waals surface area contributed by atoms with Crippen molar-refractivity contribution in [2.75, 3.05) is 27.5 Å². The summed E-state index contributed by atoms with van der Waals surface area (Å²) in [5.74, 6) is 0.519. The van der Waals surface area contributed by atoms with Crippen molar-refractivity contribution >= 4 is 40.8 Å². The monoisotopic (exact) mass is 511 g/mol. The lowest BCUT2D eigenvalue weighted by Crippen LogP contribution is -2.46. The van der Waals surface area contributed by atoms with Gasteiger partial charge in [-0.15, -0.1) is 0 Å². The fourth-order valence-corrected chi connectivity index (χ4v) is 4.27. The second-order valence-electron chi connectivity index (χ2n) is 9.02. The summed E-state index contributed by atoms with van der Waals surface area (Å²) in [6.07, 6.45) is 3.41. The molecule has 3 amide bonds. The van der Waals surface area contributed by atoms with Crippen LogP contribution in [0.2, 0.25) is 0 Å². The Hall–Kier alpha value is -4.86. The largest absolute Gasteiger partial charge is 0.330 e. The van der Waals surface area contributed by atoms with Gasteiger partial charge < -0.3 is 10.6 Å². The number of rotatable bonds is 6. The number of anilines is 5. The zero-order valence-corrected chi connectivity index (χ0v) is 21.2. The third kappa shape index (κ3) is 4.88. The van der Waals surface area contributed by atoms with Gasteiger partial charge in [0.2, 0.25) is 5.95 Å². The molecule has 9 nitrogen and oxygen atoms in total. The number of amides is 3. The Balaban J connectivity index is 1.39. The number of nitrogens with zero attached hydrogens (tertiary/aromatic N) is 5. The third-order valence-electron chi connectivity index (χ3n) is 6.36. The van der Waals surface area contributed by atoms with Gasteiger partial charge in [0.25, 0.3) is 5.91 Å². The highest BCUT2D eigenvalue weighted by Crippen LogP contribution is 2.33. The van der Waals surface area contributed by atoms with Gasteiger partial charge in [0, 0.05) is 36.3 Å². The molecule has 4 aromatic rings. The number of aromatic nitrogens is 3. The summed E-state index contributed by atoms with van der Waals surface area (Å²) in [5.41, 5.74) is 5.18. The quantitative estimate of drug-likeness (QED) is 0.353. The van der Waals surface area contributed by atoms with Crippen molar-refractivity contribution in [1.29, 1.82) is 0 Å². The summed E-state index contributed by atoms with van der Waals surface area (Å²) in [6.45, 7) is 3.40. The third-order valence-corrected chi connectivity index (χ3v) is 6.36. The van der Waals surface area contributed by atoms with Crippen molar-refractivity contribution in [2.24, 2.45) is 0 Å². The summed E-state index contributed by atoms with van der Waals surface area (Å²) < 4.78 is 13.0. The van der Waals surface area contributed by atoms with Crippen LogP contribution in [0.3, 0.4) is 0 Å². The summed E-state index contributed by atoms with van der Waals surface area (Å²) in [5, 5.41) is 6.00. The lowest BCUT2D eigenvalue weighted by atomic mass is 10.1. The molecule has 2 aromatic heterocycles. The number of aryl methyl sites for hydroxylation is 2. The van der Waals surface area contributed by atoms with Gasteiger partial charge in [-0.2, -0.15) is 4.98 Å². The Bertz CT molecular complexity index is 1540. The van der Waals surface area contributed by atoms with Crippen molar-refractivity contribution in [3.05, 3.63) is 94.9 Å². The highest BCUT2D eigenvalue weighted by molar-refractivity contribution is 6.07. The van der Waals surface area contributed by atoms with E-state index in [9.17, 15) is 14.0 Å². The number of hydrogen-bond acceptors (Lipinski definition) is 6. The lowest BCUT2D eigenvalue weighted by molar-refractivity contribution is 0.102. The van der Waals surface area contributed by atoms with E-state index in [0.29, 0.717) is 34.3 Å². The molecule has 5 rings (SSSR count). The van der Waals surface area contributed by atoms with E-state index in [1.165, 1.54) is 11.0 Å². The predicted molar refractivity (Wildman–Crippen MR) is 145 cm³/mol. The second-order valence-corrected chi connectivity index (χ2v) is 9.02. The Kier molecular flexibility index (Phi) is 6.69. The molecule has 1 aliphatic rings. The van der Waals surface area contributed by atoms with E-state index in [0.717, 1.165) is 22.5 Å². The first-order valence-electron chi connectivity index (χ1n) is 12.0. The topological polar surface area (TPSA) is 103 Å². The number of pyridine rings is 1. The molecule has 0 aliphatic carbocycles. The second kappa shape index (κ2) is 10.3. The first-order chi connectivity index (χ1) is 18.3. The zero-order chi connectivity index (χ0) is 26.8. The van der Waals surface area contributed by atoms with E-state index in [-0.39, 0.29) is 18.5 Å². The Morgan fingerprint density at radius 2 is 1.92 bits per heavy atom. The summed E-state index contributed by atoms with van der Waals surface area (Å²) in [4.78, 5) is 42.6. The van der Waals surface area contributed by atoms with Crippen molar-refractivity contribution in [3.8, 4) is 0 Å². The Morgan fingerprint density at radius 3 is 2.71 bits per heavy atom. The first-order valence-corrected chi connectivity index (χ1v) is 12.0. The van der Waals surface area contributed by atoms with Crippen molar-refractivity contribution in [3.63, 3.8) is 0 Å². The molecule has 0 atom stereocenters. The van der Waals surface area contributed by atoms with Gasteiger partial charge in [0.1, 0.15) is 12.5 Å². The van der Waals surface area contributed by atoms with Crippen LogP contribution < -0.4 is 20.4 Å². The van der Waals surface area contributed by atoms with Crippen LogP contribution in [0.4, 0.5) is 38.0 Å². The molecule has 192 valence electrons. The van der Waals surface area contributed by atoms with Gasteiger partial charge in [0.05, 0.1) is 23.6 Å². The predicted octanol–water partition coefficient (Wildman–Crippen LogP) is 5.53. The number of benzene rings is 2. The maximum atomic E-state index is 13.4. The summed E-state index contributed by atoms with van der Waals surface area (Å²) in [7, 11) is 1.66. The fourth-order valence-electron chi connectivity index (χ4n) is 4.27. The molecule has 0 spiro atoms. The van der Waals surface area contributed by atoms with Crippen LogP contribution in [0.25, 0.3) is 0 Å². The minimum Gasteiger partial charge on any atom is -0.323 e. The molecule has 38 heavy (non-hydrogen) atoms. The molecule has 0 saturated heterocycles. The molecule has 0 unspecified atom stereocenters. The van der Waals surface area contributed by atoms with Crippen molar-refractivity contribution in [2.45, 2.75) is 27.1 Å². The Morgan fingerprint density at radius 1 is 1.08 bits per heavy atom. The number of alkyl halides is 1. The minimum absolute atomic E-state index is 0.262. The number of urea groups is 1. The maximum absolute atomic E-state index is 13.4. The van der Waals surface area contributed by atoms with Crippen LogP contribution in [0.15, 0.2) is 67.0 Å². The van der Waals surface area contributed by atoms with Crippen molar-refractivity contribution < 1.29 is 14.0 Å². The molecule has 2 N–H and O–H groups in total. The molecule has 10 heteroatoms. The van der Waals surface area contributed by atoms with Crippen molar-refractivity contribution in [1.82, 2.24) is 15.0 Å². The molecule has 2 aromatic carbocycles. The molecule has 0 bridgehead atoms. The standard InChI is InChI=1S/C28H26FN7O2/c1-17-9-10-22(32-26(37)20-7-4-6-19(12-20)14-29)13-24(17)36-16-21-15-31-27(34-25(21)35(3)28(36)38)33-23-8-5-11-30-18(23)2/h4-13,15H,14,16H2,1-3H3,(H,32,37)(H,31,33,34). The van der Waals surface area contributed by atoms with E-state index >= 15 is 0 Å². The molecule has 0 fully saturated rings. The molecule has 0 radical (unpaired) electrons. The fraction of sp³-hybridized carbons (Fsp3) is 0.179. The summed E-state index contributed by atoms with van der Waals surface area (Å²) >= 11 is 0. The SMILES string of the molecule is Cc1ccc(NC(=O)c2cccc(CF)c2)cc1N1Cc2cnc(Nc3cccnc3C)nc2N(C)C1=O. The van der Waals surface area contributed by atoms with E-state index in [1.54, 1.807) is 54.7 Å². The highest BCUT2D eigenvalue weighted by Gasteiger charge is 2.31. The van der Waals surface area contributed by atoms with Gasteiger partial charge in [-0.3, -0.25) is 19.6 Å². The van der Waals surface area contributed by atoms with E-state index < -0.39 is 6.67 Å². The number of halogens is 1. The van der Waals surface area contributed by atoms with Gasteiger partial charge >= 0.3 is 6.03 Å². The van der Waals surface area contributed by atoms with E-state index in [1.807, 2.05) is 32.0 Å². The van der Waals surface area contributed by atoms with E-state index in [2.05, 4.69) is 25.6 Å². The van der Waals surface area contributed by atoms with Crippen LogP contribution in [0.1, 0.15) is 32.7 Å². The molecule has 0 saturated carbocycles. The molecular weight excluding hydrogens is 485 g/mol. The molecular formula is C28H26FN7O2. The Labute approximate surface area is 219 Å². The normalized spacial score (nSPS) is 12.8. The van der Waals surface area contributed by atoms with Gasteiger partial charge in [0.15, 0.2) is 0 Å². The molecule has 1 aliphatic heterocycles.